The van der Waals surface area contributed by atoms with Gasteiger partial charge in [0.1, 0.15) is 16.5 Å². The van der Waals surface area contributed by atoms with E-state index in [9.17, 15) is 8.42 Å². The minimum absolute atomic E-state index is 0.284. The Bertz CT molecular complexity index is 907. The van der Waals surface area contributed by atoms with Gasteiger partial charge < -0.3 is 9.64 Å². The van der Waals surface area contributed by atoms with Crippen molar-refractivity contribution in [2.45, 2.75) is 37.1 Å². The Hall–Kier alpha value is -2.12. The SMILES string of the molecule is COc1ccc2c(c1)CN(c1ccc(S(=O)(=O)N3CCCCC3)cn1)CC2. The zero-order chi connectivity index (χ0) is 18.9. The number of anilines is 1. The number of pyridine rings is 1. The summed E-state index contributed by atoms with van der Waals surface area (Å²) in [6.45, 7) is 2.83. The smallest absolute Gasteiger partial charge is 0.244 e. The molecule has 2 aromatic rings. The lowest BCUT2D eigenvalue weighted by Crippen LogP contribution is -2.35. The largest absolute Gasteiger partial charge is 0.497 e. The molecule has 4 rings (SSSR count). The molecule has 0 atom stereocenters. The summed E-state index contributed by atoms with van der Waals surface area (Å²) in [5.74, 6) is 1.66. The Kier molecular flexibility index (Phi) is 5.06. The van der Waals surface area contributed by atoms with E-state index in [4.69, 9.17) is 4.74 Å². The number of nitrogens with zero attached hydrogens (tertiary/aromatic N) is 3. The fraction of sp³-hybridized carbons (Fsp3) is 0.450. The second kappa shape index (κ2) is 7.48. The van der Waals surface area contributed by atoms with Crippen molar-refractivity contribution in [3.8, 4) is 5.75 Å². The predicted molar refractivity (Wildman–Crippen MR) is 105 cm³/mol. The van der Waals surface area contributed by atoms with Gasteiger partial charge >= 0.3 is 0 Å². The molecule has 2 aliphatic rings. The van der Waals surface area contributed by atoms with Gasteiger partial charge in [-0.2, -0.15) is 4.31 Å². The molecule has 0 N–H and O–H groups in total. The number of piperidine rings is 1. The molecule has 1 aromatic heterocycles. The average molecular weight is 388 g/mol. The quantitative estimate of drug-likeness (QED) is 0.807. The van der Waals surface area contributed by atoms with Crippen LogP contribution in [0.25, 0.3) is 0 Å². The van der Waals surface area contributed by atoms with Crippen molar-refractivity contribution in [1.82, 2.24) is 9.29 Å². The molecule has 1 saturated heterocycles. The minimum atomic E-state index is -3.43. The van der Waals surface area contributed by atoms with E-state index < -0.39 is 10.0 Å². The molecule has 27 heavy (non-hydrogen) atoms. The molecule has 3 heterocycles. The van der Waals surface area contributed by atoms with Crippen LogP contribution in [0, 0.1) is 0 Å². The van der Waals surface area contributed by atoms with Crippen molar-refractivity contribution >= 4 is 15.8 Å². The number of fused-ring (bicyclic) bond motifs is 1. The summed E-state index contributed by atoms with van der Waals surface area (Å²) in [6, 6.07) is 9.69. The molecule has 144 valence electrons. The lowest BCUT2D eigenvalue weighted by molar-refractivity contribution is 0.346. The molecular formula is C20H25N3O3S. The minimum Gasteiger partial charge on any atom is -0.497 e. The van der Waals surface area contributed by atoms with Crippen LogP contribution in [-0.2, 0) is 23.0 Å². The van der Waals surface area contributed by atoms with Gasteiger partial charge in [-0.15, -0.1) is 0 Å². The van der Waals surface area contributed by atoms with Gasteiger partial charge in [0.15, 0.2) is 0 Å². The van der Waals surface area contributed by atoms with Gasteiger partial charge in [-0.25, -0.2) is 13.4 Å². The third-order valence-corrected chi connectivity index (χ3v) is 7.31. The van der Waals surface area contributed by atoms with Gasteiger partial charge in [0.2, 0.25) is 10.0 Å². The van der Waals surface area contributed by atoms with Crippen molar-refractivity contribution < 1.29 is 13.2 Å². The number of hydrogen-bond acceptors (Lipinski definition) is 5. The summed E-state index contributed by atoms with van der Waals surface area (Å²) in [4.78, 5) is 6.93. The monoisotopic (exact) mass is 387 g/mol. The van der Waals surface area contributed by atoms with Crippen LogP contribution < -0.4 is 9.64 Å². The first-order valence-corrected chi connectivity index (χ1v) is 10.9. The number of sulfonamides is 1. The van der Waals surface area contributed by atoms with Crippen LogP contribution in [0.2, 0.25) is 0 Å². The lowest BCUT2D eigenvalue weighted by Gasteiger charge is -2.30. The van der Waals surface area contributed by atoms with Crippen LogP contribution in [0.15, 0.2) is 41.4 Å². The maximum Gasteiger partial charge on any atom is 0.244 e. The molecule has 7 heteroatoms. The lowest BCUT2D eigenvalue weighted by atomic mass is 9.99. The summed E-state index contributed by atoms with van der Waals surface area (Å²) in [7, 11) is -1.76. The van der Waals surface area contributed by atoms with E-state index in [1.165, 1.54) is 17.3 Å². The van der Waals surface area contributed by atoms with Gasteiger partial charge in [-0.05, 0) is 54.7 Å². The number of methoxy groups -OCH3 is 1. The number of hydrogen-bond donors (Lipinski definition) is 0. The van der Waals surface area contributed by atoms with E-state index in [2.05, 4.69) is 22.0 Å². The van der Waals surface area contributed by atoms with Crippen LogP contribution >= 0.6 is 0 Å². The molecule has 2 aliphatic heterocycles. The van der Waals surface area contributed by atoms with Crippen molar-refractivity contribution in [2.75, 3.05) is 31.6 Å². The molecule has 1 fully saturated rings. The highest BCUT2D eigenvalue weighted by Crippen LogP contribution is 2.27. The van der Waals surface area contributed by atoms with Crippen molar-refractivity contribution in [1.29, 1.82) is 0 Å². The first-order valence-electron chi connectivity index (χ1n) is 9.45. The molecular weight excluding hydrogens is 362 g/mol. The molecule has 0 radical (unpaired) electrons. The summed E-state index contributed by atoms with van der Waals surface area (Å²) >= 11 is 0. The van der Waals surface area contributed by atoms with E-state index in [0.29, 0.717) is 13.1 Å². The maximum atomic E-state index is 12.8. The summed E-state index contributed by atoms with van der Waals surface area (Å²) < 4.78 is 32.4. The van der Waals surface area contributed by atoms with Gasteiger partial charge in [-0.1, -0.05) is 12.5 Å². The molecule has 0 aliphatic carbocycles. The third-order valence-electron chi connectivity index (χ3n) is 5.42. The highest BCUT2D eigenvalue weighted by molar-refractivity contribution is 7.89. The number of ether oxygens (including phenoxy) is 1. The van der Waals surface area contributed by atoms with Gasteiger partial charge in [0.25, 0.3) is 0 Å². The summed E-state index contributed by atoms with van der Waals surface area (Å²) in [5.41, 5.74) is 2.56. The third kappa shape index (κ3) is 3.66. The average Bonchev–Trinajstić information content (AvgIpc) is 2.73. The fourth-order valence-electron chi connectivity index (χ4n) is 3.82. The van der Waals surface area contributed by atoms with Crippen LogP contribution in [0.5, 0.6) is 5.75 Å². The standard InChI is InChI=1S/C20H25N3O3S/c1-26-18-6-5-16-9-12-22(15-17(16)13-18)20-8-7-19(14-21-20)27(24,25)23-10-3-2-4-11-23/h5-8,13-14H,2-4,9-12,15H2,1H3. The predicted octanol–water partition coefficient (Wildman–Crippen LogP) is 2.83. The second-order valence-electron chi connectivity index (χ2n) is 7.12. The van der Waals surface area contributed by atoms with Gasteiger partial charge in [-0.3, -0.25) is 0 Å². The number of rotatable bonds is 4. The molecule has 0 amide bonds. The first-order chi connectivity index (χ1) is 13.1. The Morgan fingerprint density at radius 2 is 1.81 bits per heavy atom. The molecule has 6 nitrogen and oxygen atoms in total. The normalized spacial score (nSPS) is 18.2. The zero-order valence-electron chi connectivity index (χ0n) is 15.6. The molecule has 0 saturated carbocycles. The van der Waals surface area contributed by atoms with Crippen LogP contribution in [0.3, 0.4) is 0 Å². The van der Waals surface area contributed by atoms with E-state index in [1.807, 2.05) is 12.1 Å². The van der Waals surface area contributed by atoms with Gasteiger partial charge in [0.05, 0.1) is 7.11 Å². The van der Waals surface area contributed by atoms with Crippen LogP contribution in [-0.4, -0.2) is 44.5 Å². The van der Waals surface area contributed by atoms with E-state index in [-0.39, 0.29) is 4.90 Å². The topological polar surface area (TPSA) is 62.7 Å². The Morgan fingerprint density at radius 3 is 2.52 bits per heavy atom. The van der Waals surface area contributed by atoms with Crippen LogP contribution in [0.4, 0.5) is 5.82 Å². The highest BCUT2D eigenvalue weighted by Gasteiger charge is 2.26. The zero-order valence-corrected chi connectivity index (χ0v) is 16.4. The first kappa shape index (κ1) is 18.3. The van der Waals surface area contributed by atoms with E-state index in [0.717, 1.165) is 50.3 Å². The van der Waals surface area contributed by atoms with Crippen molar-refractivity contribution in [2.24, 2.45) is 0 Å². The number of aromatic nitrogens is 1. The Morgan fingerprint density at radius 1 is 1.00 bits per heavy atom. The molecule has 0 spiro atoms. The highest BCUT2D eigenvalue weighted by atomic mass is 32.2. The molecule has 1 aromatic carbocycles. The molecule has 0 unspecified atom stereocenters. The maximum absolute atomic E-state index is 12.8. The Balaban J connectivity index is 1.52. The number of benzene rings is 1. The van der Waals surface area contributed by atoms with Crippen LogP contribution in [0.1, 0.15) is 30.4 Å². The summed E-state index contributed by atoms with van der Waals surface area (Å²) in [6.07, 6.45) is 5.41. The second-order valence-corrected chi connectivity index (χ2v) is 9.06. The Labute approximate surface area is 160 Å². The van der Waals surface area contributed by atoms with E-state index in [1.54, 1.807) is 17.5 Å². The fourth-order valence-corrected chi connectivity index (χ4v) is 5.29. The van der Waals surface area contributed by atoms with E-state index >= 15 is 0 Å². The van der Waals surface area contributed by atoms with Gasteiger partial charge in [0, 0.05) is 32.4 Å². The van der Waals surface area contributed by atoms with Crippen molar-refractivity contribution in [3.63, 3.8) is 0 Å². The van der Waals surface area contributed by atoms with Crippen molar-refractivity contribution in [3.05, 3.63) is 47.7 Å². The summed E-state index contributed by atoms with van der Waals surface area (Å²) in [5, 5.41) is 0. The molecule has 0 bridgehead atoms.